The Balaban J connectivity index is 1.46. The van der Waals surface area contributed by atoms with Crippen LogP contribution in [0.4, 0.5) is 9.59 Å². The number of carbonyl (C=O) groups is 3. The smallest absolute Gasteiger partial charge is 0.416 e. The Morgan fingerprint density at radius 1 is 0.833 bits per heavy atom. The molecule has 9 nitrogen and oxygen atoms in total. The van der Waals surface area contributed by atoms with E-state index in [1.165, 1.54) is 96.8 Å². The Morgan fingerprint density at radius 3 is 1.86 bits per heavy atom. The van der Waals surface area contributed by atoms with Gasteiger partial charge in [0.05, 0.1) is 30.9 Å². The number of nitrogens with zero attached hydrogens (tertiary/aromatic N) is 2. The topological polar surface area (TPSA) is 107 Å². The number of rotatable bonds is 23. The first kappa shape index (κ1) is 35.5. The van der Waals surface area contributed by atoms with Crippen LogP contribution in [0.2, 0.25) is 0 Å². The van der Waals surface area contributed by atoms with Crippen molar-refractivity contribution in [2.24, 2.45) is 5.41 Å². The predicted octanol–water partition coefficient (Wildman–Crippen LogP) is 7.57. The van der Waals surface area contributed by atoms with Gasteiger partial charge in [-0.15, -0.1) is 0 Å². The van der Waals surface area contributed by atoms with Crippen LogP contribution in [0.3, 0.4) is 0 Å². The monoisotopic (exact) mass is 589 g/mol. The Morgan fingerprint density at radius 2 is 1.38 bits per heavy atom. The maximum atomic E-state index is 12.6. The van der Waals surface area contributed by atoms with Crippen molar-refractivity contribution >= 4 is 18.1 Å². The second-order valence-corrected chi connectivity index (χ2v) is 11.8. The molecule has 1 aromatic heterocycles. The van der Waals surface area contributed by atoms with Crippen molar-refractivity contribution in [3.63, 3.8) is 0 Å². The van der Waals surface area contributed by atoms with Crippen LogP contribution in [0.1, 0.15) is 122 Å². The summed E-state index contributed by atoms with van der Waals surface area (Å²) in [5.41, 5.74) is -0.0231. The summed E-state index contributed by atoms with van der Waals surface area (Å²) in [6.07, 6.45) is 21.3. The van der Waals surface area contributed by atoms with Gasteiger partial charge in [0.1, 0.15) is 13.2 Å². The van der Waals surface area contributed by atoms with Crippen LogP contribution in [0.15, 0.2) is 24.4 Å². The van der Waals surface area contributed by atoms with E-state index in [1.54, 1.807) is 24.4 Å². The summed E-state index contributed by atoms with van der Waals surface area (Å²) in [6.45, 7) is 4.87. The van der Waals surface area contributed by atoms with E-state index in [2.05, 4.69) is 17.2 Å². The number of pyridine rings is 1. The molecular weight excluding hydrogens is 534 g/mol. The maximum Gasteiger partial charge on any atom is 0.416 e. The molecule has 1 aliphatic heterocycles. The zero-order valence-corrected chi connectivity index (χ0v) is 26.2. The Labute approximate surface area is 253 Å². The first-order valence-corrected chi connectivity index (χ1v) is 16.3. The minimum atomic E-state index is -0.757. The molecule has 0 radical (unpaired) electrons. The molecule has 1 aromatic rings. The highest BCUT2D eigenvalue weighted by Gasteiger charge is 2.42. The van der Waals surface area contributed by atoms with Crippen LogP contribution in [0, 0.1) is 5.41 Å². The van der Waals surface area contributed by atoms with Crippen molar-refractivity contribution in [2.45, 2.75) is 123 Å². The number of nitrogens with one attached hydrogen (secondary N) is 1. The number of aromatic nitrogens is 1. The largest absolute Gasteiger partial charge is 0.449 e. The van der Waals surface area contributed by atoms with Gasteiger partial charge in [-0.2, -0.15) is 0 Å². The molecule has 0 atom stereocenters. The lowest BCUT2D eigenvalue weighted by atomic mass is 9.88. The molecule has 0 bridgehead atoms. The van der Waals surface area contributed by atoms with E-state index >= 15 is 0 Å². The van der Waals surface area contributed by atoms with Gasteiger partial charge in [-0.05, 0) is 18.6 Å². The van der Waals surface area contributed by atoms with E-state index in [0.29, 0.717) is 25.5 Å². The molecule has 0 spiro atoms. The van der Waals surface area contributed by atoms with Crippen LogP contribution >= 0.6 is 0 Å². The van der Waals surface area contributed by atoms with E-state index < -0.39 is 23.5 Å². The highest BCUT2D eigenvalue weighted by molar-refractivity contribution is 5.90. The van der Waals surface area contributed by atoms with Gasteiger partial charge < -0.3 is 19.5 Å². The van der Waals surface area contributed by atoms with E-state index in [9.17, 15) is 14.4 Å². The summed E-state index contributed by atoms with van der Waals surface area (Å²) < 4.78 is 16.1. The summed E-state index contributed by atoms with van der Waals surface area (Å²) in [5, 5.41) is 2.81. The molecule has 0 unspecified atom stereocenters. The van der Waals surface area contributed by atoms with Gasteiger partial charge in [0.25, 0.3) is 0 Å². The van der Waals surface area contributed by atoms with Crippen LogP contribution in [-0.2, 0) is 25.5 Å². The van der Waals surface area contributed by atoms with Gasteiger partial charge in [-0.3, -0.25) is 9.78 Å². The molecular formula is C33H55N3O6. The predicted molar refractivity (Wildman–Crippen MR) is 164 cm³/mol. The number of hydrogen-bond acceptors (Lipinski definition) is 7. The molecule has 42 heavy (non-hydrogen) atoms. The third-order valence-corrected chi connectivity index (χ3v) is 7.77. The molecule has 0 aliphatic carbocycles. The molecule has 1 saturated heterocycles. The standard InChI is InChI=1S/C33H55N3O6/c1-3-4-5-6-7-8-9-10-11-12-13-14-15-16-17-19-23-35-31(38)41-27-33(25-40-26-33)28-42-32(39)36(29(2)37)24-30-21-18-20-22-34-30/h18,20-22H,3-17,19,23-28H2,1-2H3,(H,35,38). The fraction of sp³-hybridized carbons (Fsp3) is 0.758. The number of alkyl carbamates (subject to hydrolysis) is 1. The van der Waals surface area contributed by atoms with Gasteiger partial charge in [-0.1, -0.05) is 109 Å². The third-order valence-electron chi connectivity index (χ3n) is 7.77. The fourth-order valence-corrected chi connectivity index (χ4v) is 4.98. The van der Waals surface area contributed by atoms with E-state index in [-0.39, 0.29) is 19.8 Å². The molecule has 1 fully saturated rings. The Kier molecular flexibility index (Phi) is 18.6. The fourth-order valence-electron chi connectivity index (χ4n) is 4.98. The van der Waals surface area contributed by atoms with E-state index in [0.717, 1.165) is 17.7 Å². The van der Waals surface area contributed by atoms with Gasteiger partial charge in [0.2, 0.25) is 5.91 Å². The lowest BCUT2D eigenvalue weighted by Crippen LogP contribution is -2.51. The minimum absolute atomic E-state index is 0.00969. The summed E-state index contributed by atoms with van der Waals surface area (Å²) in [4.78, 5) is 41.9. The van der Waals surface area contributed by atoms with Gasteiger partial charge in [0.15, 0.2) is 0 Å². The first-order chi connectivity index (χ1) is 20.5. The number of amides is 3. The molecule has 9 heteroatoms. The van der Waals surface area contributed by atoms with Crippen LogP contribution in [0.25, 0.3) is 0 Å². The van der Waals surface area contributed by atoms with Crippen molar-refractivity contribution < 1.29 is 28.6 Å². The van der Waals surface area contributed by atoms with Crippen molar-refractivity contribution in [2.75, 3.05) is 33.0 Å². The molecule has 2 heterocycles. The quantitative estimate of drug-likeness (QED) is 0.131. The Hall–Kier alpha value is -2.68. The average molecular weight is 590 g/mol. The lowest BCUT2D eigenvalue weighted by molar-refractivity contribution is -0.160. The third kappa shape index (κ3) is 15.5. The second kappa shape index (κ2) is 21.9. The number of carbonyl (C=O) groups excluding carboxylic acids is 3. The Bertz CT molecular complexity index is 878. The normalized spacial score (nSPS) is 13.7. The van der Waals surface area contributed by atoms with Crippen molar-refractivity contribution in [3.05, 3.63) is 30.1 Å². The maximum absolute atomic E-state index is 12.6. The molecule has 1 N–H and O–H groups in total. The first-order valence-electron chi connectivity index (χ1n) is 16.3. The SMILES string of the molecule is CCCCCCCCCCCCCCCCCCNC(=O)OCC1(COC(=O)N(Cc2ccccn2)C(C)=O)COC1. The minimum Gasteiger partial charge on any atom is -0.449 e. The number of ether oxygens (including phenoxy) is 3. The van der Waals surface area contributed by atoms with E-state index in [1.807, 2.05) is 0 Å². The van der Waals surface area contributed by atoms with Crippen molar-refractivity contribution in [3.8, 4) is 0 Å². The molecule has 0 saturated carbocycles. The highest BCUT2D eigenvalue weighted by Crippen LogP contribution is 2.29. The molecule has 3 amide bonds. The molecule has 1 aliphatic rings. The average Bonchev–Trinajstić information content (AvgIpc) is 2.97. The van der Waals surface area contributed by atoms with Gasteiger partial charge >= 0.3 is 12.2 Å². The summed E-state index contributed by atoms with van der Waals surface area (Å²) in [5.74, 6) is -0.436. The van der Waals surface area contributed by atoms with Crippen molar-refractivity contribution in [1.29, 1.82) is 0 Å². The lowest BCUT2D eigenvalue weighted by Gasteiger charge is -2.40. The second-order valence-electron chi connectivity index (χ2n) is 11.8. The zero-order valence-electron chi connectivity index (χ0n) is 26.2. The number of hydrogen-bond donors (Lipinski definition) is 1. The molecule has 2 rings (SSSR count). The van der Waals surface area contributed by atoms with Crippen LogP contribution in [-0.4, -0.2) is 60.9 Å². The van der Waals surface area contributed by atoms with Gasteiger partial charge in [0, 0.05) is 19.7 Å². The zero-order chi connectivity index (χ0) is 30.3. The summed E-state index contributed by atoms with van der Waals surface area (Å²) in [6, 6.07) is 5.28. The number of unbranched alkanes of at least 4 members (excludes halogenated alkanes) is 15. The van der Waals surface area contributed by atoms with Crippen LogP contribution in [0.5, 0.6) is 0 Å². The number of imide groups is 1. The summed E-state index contributed by atoms with van der Waals surface area (Å²) in [7, 11) is 0. The van der Waals surface area contributed by atoms with Crippen molar-refractivity contribution in [1.82, 2.24) is 15.2 Å². The highest BCUT2D eigenvalue weighted by atomic mass is 16.6. The van der Waals surface area contributed by atoms with E-state index in [4.69, 9.17) is 14.2 Å². The molecule has 238 valence electrons. The van der Waals surface area contributed by atoms with Gasteiger partial charge in [-0.25, -0.2) is 14.5 Å². The molecule has 0 aromatic carbocycles. The van der Waals surface area contributed by atoms with Crippen LogP contribution < -0.4 is 5.32 Å². The summed E-state index contributed by atoms with van der Waals surface area (Å²) >= 11 is 0.